The van der Waals surface area contributed by atoms with Crippen LogP contribution in [0.25, 0.3) is 0 Å². The fourth-order valence-corrected chi connectivity index (χ4v) is 10.1. The molecule has 10 nitrogen and oxygen atoms in total. The third kappa shape index (κ3) is 46.4. The maximum Gasteiger partial charge on any atom is 0.574 e. The van der Waals surface area contributed by atoms with E-state index in [1.165, 1.54) is 83.2 Å². The maximum absolute atomic E-state index is 13.2. The van der Waals surface area contributed by atoms with Crippen molar-refractivity contribution in [3.05, 3.63) is 244 Å². The van der Waals surface area contributed by atoms with Gasteiger partial charge in [-0.2, -0.15) is 62.2 Å². The predicted octanol–water partition coefficient (Wildman–Crippen LogP) is 30.1. The van der Waals surface area contributed by atoms with Gasteiger partial charge < -0.3 is 23.7 Å². The van der Waals surface area contributed by atoms with Gasteiger partial charge in [0.2, 0.25) is 11.8 Å². The average molecular weight is 1720 g/mol. The van der Waals surface area contributed by atoms with E-state index in [-0.39, 0.29) is 74.7 Å². The highest BCUT2D eigenvalue weighted by atomic mass is 32.2. The number of hydrogen-bond donors (Lipinski definition) is 0. The van der Waals surface area contributed by atoms with E-state index in [0.29, 0.717) is 40.7 Å². The van der Waals surface area contributed by atoms with Crippen molar-refractivity contribution in [3.8, 4) is 29.0 Å². The van der Waals surface area contributed by atoms with Crippen molar-refractivity contribution in [1.29, 1.82) is 0 Å². The molecule has 30 heteroatoms. The topological polar surface area (TPSA) is 111 Å². The van der Waals surface area contributed by atoms with Gasteiger partial charge in [-0.15, -0.1) is 30.0 Å². The average Bonchev–Trinajstić information content (AvgIpc) is 0.819. The van der Waals surface area contributed by atoms with Gasteiger partial charge in [0.15, 0.2) is 0 Å². The van der Waals surface area contributed by atoms with Crippen LogP contribution in [-0.4, -0.2) is 81.4 Å². The van der Waals surface area contributed by atoms with Gasteiger partial charge in [-0.3, -0.25) is 0 Å². The number of benzene rings is 5. The summed E-state index contributed by atoms with van der Waals surface area (Å²) < 4.78 is 227. The Kier molecular flexibility index (Phi) is 46.5. The summed E-state index contributed by atoms with van der Waals surface area (Å²) in [5, 5.41) is 7.03. The van der Waals surface area contributed by atoms with Crippen molar-refractivity contribution in [2.75, 3.05) is 20.5 Å². The van der Waals surface area contributed by atoms with E-state index >= 15 is 0 Å². The van der Waals surface area contributed by atoms with Crippen molar-refractivity contribution in [1.82, 2.24) is 25.1 Å². The molecule has 9 aromatic rings. The monoisotopic (exact) mass is 1720 g/mol. The molecule has 0 aliphatic rings. The van der Waals surface area contributed by atoms with E-state index in [4.69, 9.17) is 9.47 Å². The normalized spacial score (nSPS) is 11.5. The summed E-state index contributed by atoms with van der Waals surface area (Å²) in [5.41, 5.74) is 2.04. The molecule has 0 saturated heterocycles. The SMILES string of the molecule is CC(C)c1ccc(OC(C)(F)F)cc1.CC(C)c1ccc(OC(F)(F)C(F)(F)F)nc1.CC(C)c1ccc(OC(F)(F)F)nc1.CC(C)c1ccc(SC(F)(F)F)nc1.CC(C)c1ccc(SC(F)(F)F)nn1.COc1ccc(C(C)C)c(F)c1.COc1ccc(C(C)C)cc1.CSc1ccc(C(C)C)cc1.Cc1ccc(C(C)C)cc1. The Labute approximate surface area is 691 Å². The number of pyridine rings is 3. The summed E-state index contributed by atoms with van der Waals surface area (Å²) in [6.45, 7) is 39.4. The van der Waals surface area contributed by atoms with E-state index < -0.39 is 47.5 Å². The minimum Gasteiger partial charge on any atom is -0.497 e. The van der Waals surface area contributed by atoms with Crippen LogP contribution >= 0.6 is 35.3 Å². The highest BCUT2D eigenvalue weighted by molar-refractivity contribution is 8.00. The number of hydrogen-bond acceptors (Lipinski definition) is 13. The number of aryl methyl sites for hydroxylation is 1. The second-order valence-corrected chi connectivity index (χ2v) is 31.6. The third-order valence-electron chi connectivity index (χ3n) is 15.7. The summed E-state index contributed by atoms with van der Waals surface area (Å²) >= 11 is 1.35. The Balaban J connectivity index is 0.000000660. The summed E-state index contributed by atoms with van der Waals surface area (Å²) in [6, 6.07) is 48.5. The first kappa shape index (κ1) is 106. The standard InChI is InChI=1S/C11H14F2O.C10H10F5NO.C10H13FO.C10H14O.C10H14S.C10H14.C9H10F3NO.C9H10F3NS.C8H9F3N2S/c1-8(2)9-4-6-10(7-5-9)14-11(3,12)13;1-6(2)7-3-4-8(16-5-7)17-10(14,15)9(11,12)13;1-7(2)9-5-4-8(12-3)6-10(9)11;2*1-8(2)9-4-6-10(11-3)7-5-9;1-8(2)10-6-4-9(3)5-7-10;2*1-6(2)7-3-4-8(13-5-7)14-9(10,11)12;1-5(2)6-3-4-7(13-12-6)14-8(9,10)11/h4-8H,1-3H3;3-6H,1-2H3;4-7H,1-3H3;2*4-8H,1-3H3;4-8H,1-3H3;2*3-6H,1-2H3;3-5H,1-2H3. The van der Waals surface area contributed by atoms with Crippen LogP contribution in [-0.2, 0) is 0 Å². The highest BCUT2D eigenvalue weighted by Crippen LogP contribution is 2.39. The fraction of sp³-hybridized carbons (Fsp3) is 0.437. The Morgan fingerprint density at radius 3 is 0.991 bits per heavy atom. The number of thioether (sulfide) groups is 3. The number of alkyl halides is 16. The molecule has 0 N–H and O–H groups in total. The van der Waals surface area contributed by atoms with E-state index in [9.17, 15) is 74.6 Å². The van der Waals surface area contributed by atoms with Crippen molar-refractivity contribution in [2.45, 2.75) is 242 Å². The molecular formula is C87H108F17N5O5S3. The van der Waals surface area contributed by atoms with Crippen molar-refractivity contribution in [3.63, 3.8) is 0 Å². The summed E-state index contributed by atoms with van der Waals surface area (Å²) in [7, 11) is 3.22. The van der Waals surface area contributed by atoms with Crippen LogP contribution in [0.5, 0.6) is 29.0 Å². The van der Waals surface area contributed by atoms with E-state index in [1.807, 2.05) is 95.2 Å². The molecule has 4 aromatic heterocycles. The molecule has 5 aromatic carbocycles. The molecule has 0 spiro atoms. The lowest BCUT2D eigenvalue weighted by atomic mass is 10.0. The molecule has 0 fully saturated rings. The molecule has 0 unspecified atom stereocenters. The van der Waals surface area contributed by atoms with Gasteiger partial charge in [-0.05, 0) is 172 Å². The zero-order chi connectivity index (χ0) is 89.6. The summed E-state index contributed by atoms with van der Waals surface area (Å²) in [6.07, 6.45) is -12.6. The zero-order valence-corrected chi connectivity index (χ0v) is 72.4. The minimum absolute atomic E-state index is 0.0121. The van der Waals surface area contributed by atoms with Crippen LogP contribution in [0.3, 0.4) is 0 Å². The van der Waals surface area contributed by atoms with Crippen molar-refractivity contribution in [2.24, 2.45) is 0 Å². The zero-order valence-electron chi connectivity index (χ0n) is 69.9. The number of methoxy groups -OCH3 is 2. The van der Waals surface area contributed by atoms with Gasteiger partial charge in [-0.1, -0.05) is 215 Å². The molecule has 0 atom stereocenters. The lowest BCUT2D eigenvalue weighted by molar-refractivity contribution is -0.361. The summed E-state index contributed by atoms with van der Waals surface area (Å²) in [4.78, 5) is 12.0. The second-order valence-electron chi connectivity index (χ2n) is 28.6. The highest BCUT2D eigenvalue weighted by Gasteiger charge is 2.61. The Hall–Kier alpha value is -8.51. The van der Waals surface area contributed by atoms with Crippen LogP contribution < -0.4 is 23.7 Å². The Bertz CT molecular complexity index is 3840. The van der Waals surface area contributed by atoms with Crippen molar-refractivity contribution < 1.29 is 98.3 Å². The van der Waals surface area contributed by atoms with Gasteiger partial charge in [0, 0.05) is 72.1 Å². The van der Waals surface area contributed by atoms with Crippen LogP contribution in [0.15, 0.2) is 197 Å². The molecule has 0 aliphatic heterocycles. The molecule has 0 radical (unpaired) electrons. The molecule has 0 aliphatic carbocycles. The fourth-order valence-electron chi connectivity index (χ4n) is 8.78. The van der Waals surface area contributed by atoms with E-state index in [2.05, 4.69) is 155 Å². The minimum atomic E-state index is -5.76. The third-order valence-corrected chi connectivity index (χ3v) is 17.8. The van der Waals surface area contributed by atoms with Crippen LogP contribution in [0, 0.1) is 12.7 Å². The van der Waals surface area contributed by atoms with Gasteiger partial charge in [0.05, 0.1) is 19.9 Å². The van der Waals surface area contributed by atoms with E-state index in [1.54, 1.807) is 73.5 Å². The number of nitrogens with zero attached hydrogens (tertiary/aromatic N) is 5. The number of ether oxygens (including phenoxy) is 5. The van der Waals surface area contributed by atoms with Gasteiger partial charge >= 0.3 is 35.8 Å². The summed E-state index contributed by atoms with van der Waals surface area (Å²) in [5.74, 6) is 3.60. The molecule has 4 heterocycles. The maximum atomic E-state index is 13.2. The smallest absolute Gasteiger partial charge is 0.497 e. The van der Waals surface area contributed by atoms with Crippen LogP contribution in [0.4, 0.5) is 74.6 Å². The first-order valence-electron chi connectivity index (χ1n) is 37.0. The van der Waals surface area contributed by atoms with E-state index in [0.717, 1.165) is 41.0 Å². The first-order valence-corrected chi connectivity index (χ1v) is 39.8. The first-order chi connectivity index (χ1) is 54.0. The predicted molar refractivity (Wildman–Crippen MR) is 437 cm³/mol. The molecule has 0 bridgehead atoms. The van der Waals surface area contributed by atoms with Gasteiger partial charge in [0.25, 0.3) is 0 Å². The largest absolute Gasteiger partial charge is 0.574 e. The Morgan fingerprint density at radius 1 is 0.342 bits per heavy atom. The number of rotatable bonds is 19. The lowest BCUT2D eigenvalue weighted by Crippen LogP contribution is -2.42. The quantitative estimate of drug-likeness (QED) is 0.0566. The van der Waals surface area contributed by atoms with Gasteiger partial charge in [-0.25, -0.2) is 19.3 Å². The second kappa shape index (κ2) is 51.1. The number of halogens is 17. The molecule has 117 heavy (non-hydrogen) atoms. The lowest BCUT2D eigenvalue weighted by Gasteiger charge is -2.19. The van der Waals surface area contributed by atoms with Crippen molar-refractivity contribution >= 4 is 35.3 Å². The molecule has 0 saturated carbocycles. The Morgan fingerprint density at radius 2 is 0.692 bits per heavy atom. The van der Waals surface area contributed by atoms with Crippen LogP contribution in [0.1, 0.15) is 241 Å². The molecule has 0 amide bonds. The van der Waals surface area contributed by atoms with Gasteiger partial charge in [0.1, 0.15) is 33.1 Å². The molecular weight excluding hydrogens is 1610 g/mol. The number of aromatic nitrogens is 5. The van der Waals surface area contributed by atoms with Crippen LogP contribution in [0.2, 0.25) is 0 Å². The molecule has 9 rings (SSSR count). The molecule has 648 valence electrons.